The van der Waals surface area contributed by atoms with Crippen LogP contribution in [0, 0.1) is 11.8 Å². The van der Waals surface area contributed by atoms with E-state index >= 15 is 0 Å². The minimum atomic E-state index is 0.860. The average Bonchev–Trinajstić information content (AvgIpc) is 3.11. The van der Waals surface area contributed by atoms with Crippen molar-refractivity contribution in [3.63, 3.8) is 0 Å². The minimum absolute atomic E-state index is 0.860. The molecule has 1 nitrogen and oxygen atoms in total. The molecular weight excluding hydrogens is 286 g/mol. The van der Waals surface area contributed by atoms with Gasteiger partial charge in [0.05, 0.1) is 0 Å². The van der Waals surface area contributed by atoms with Crippen LogP contribution in [0.25, 0.3) is 0 Å². The predicted molar refractivity (Wildman–Crippen MR) is 79.7 cm³/mol. The molecule has 2 saturated carbocycles. The first-order chi connectivity index (χ1) is 8.81. The Hall–Kier alpha value is -0.340. The van der Waals surface area contributed by atoms with Crippen LogP contribution in [-0.4, -0.2) is 12.6 Å². The fraction of sp³-hybridized carbons (Fsp3) is 0.625. The van der Waals surface area contributed by atoms with Gasteiger partial charge < -0.3 is 5.32 Å². The third-order valence-corrected chi connectivity index (χ3v) is 5.00. The van der Waals surface area contributed by atoms with Gasteiger partial charge in [0, 0.05) is 10.5 Å². The highest BCUT2D eigenvalue weighted by molar-refractivity contribution is 9.10. The second-order valence-electron chi connectivity index (χ2n) is 5.96. The summed E-state index contributed by atoms with van der Waals surface area (Å²) >= 11 is 3.51. The Morgan fingerprint density at radius 2 is 1.72 bits per heavy atom. The van der Waals surface area contributed by atoms with Crippen molar-refractivity contribution in [1.82, 2.24) is 5.32 Å². The van der Waals surface area contributed by atoms with Gasteiger partial charge in [-0.15, -0.1) is 0 Å². The van der Waals surface area contributed by atoms with Gasteiger partial charge in [-0.25, -0.2) is 0 Å². The summed E-state index contributed by atoms with van der Waals surface area (Å²) < 4.78 is 1.18. The molecule has 1 N–H and O–H groups in total. The topological polar surface area (TPSA) is 12.0 Å². The summed E-state index contributed by atoms with van der Waals surface area (Å²) in [4.78, 5) is 0. The van der Waals surface area contributed by atoms with Crippen molar-refractivity contribution < 1.29 is 0 Å². The molecule has 1 aromatic rings. The number of nitrogens with one attached hydrogen (secondary N) is 1. The van der Waals surface area contributed by atoms with Gasteiger partial charge in [0.15, 0.2) is 0 Å². The lowest BCUT2D eigenvalue weighted by atomic mass is 9.89. The lowest BCUT2D eigenvalue weighted by molar-refractivity contribution is 0.364. The first-order valence-electron chi connectivity index (χ1n) is 7.29. The van der Waals surface area contributed by atoms with Gasteiger partial charge in [0.2, 0.25) is 0 Å². The molecule has 3 rings (SSSR count). The van der Waals surface area contributed by atoms with Crippen LogP contribution in [0.1, 0.15) is 37.7 Å². The fourth-order valence-corrected chi connectivity index (χ4v) is 3.44. The van der Waals surface area contributed by atoms with Crippen LogP contribution in [0.5, 0.6) is 0 Å². The lowest BCUT2D eigenvalue weighted by Gasteiger charge is -2.20. The maximum absolute atomic E-state index is 3.72. The normalized spacial score (nSPS) is 27.6. The Kier molecular flexibility index (Phi) is 4.05. The fourth-order valence-electron chi connectivity index (χ4n) is 3.18. The average molecular weight is 308 g/mol. The van der Waals surface area contributed by atoms with Gasteiger partial charge >= 0.3 is 0 Å². The Morgan fingerprint density at radius 3 is 2.44 bits per heavy atom. The molecule has 0 aliphatic heterocycles. The maximum atomic E-state index is 3.72. The summed E-state index contributed by atoms with van der Waals surface area (Å²) in [5, 5.41) is 3.72. The number of hydrogen-bond donors (Lipinski definition) is 1. The molecular formula is C16H22BrN. The lowest BCUT2D eigenvalue weighted by Crippen LogP contribution is -2.27. The first-order valence-corrected chi connectivity index (χ1v) is 8.08. The van der Waals surface area contributed by atoms with Crippen LogP contribution < -0.4 is 5.32 Å². The van der Waals surface area contributed by atoms with E-state index in [1.807, 2.05) is 0 Å². The standard InChI is InChI=1S/C16H22BrN/c17-15-6-4-12(5-7-15)10-13-2-1-3-14(13)11-18-16-8-9-16/h4-7,13-14,16,18H,1-3,8-11H2. The van der Waals surface area contributed by atoms with E-state index in [9.17, 15) is 0 Å². The van der Waals surface area contributed by atoms with Gasteiger partial charge in [-0.2, -0.15) is 0 Å². The zero-order valence-corrected chi connectivity index (χ0v) is 12.5. The molecule has 2 atom stereocenters. The minimum Gasteiger partial charge on any atom is -0.314 e. The van der Waals surface area contributed by atoms with Gasteiger partial charge in [0.1, 0.15) is 0 Å². The van der Waals surface area contributed by atoms with Crippen molar-refractivity contribution >= 4 is 15.9 Å². The number of hydrogen-bond acceptors (Lipinski definition) is 1. The molecule has 0 heterocycles. The second kappa shape index (κ2) is 5.75. The van der Waals surface area contributed by atoms with Crippen LogP contribution in [-0.2, 0) is 6.42 Å². The second-order valence-corrected chi connectivity index (χ2v) is 6.88. The Morgan fingerprint density at radius 1 is 1.00 bits per heavy atom. The van der Waals surface area contributed by atoms with E-state index in [4.69, 9.17) is 0 Å². The van der Waals surface area contributed by atoms with Gasteiger partial charge in [0.25, 0.3) is 0 Å². The van der Waals surface area contributed by atoms with Crippen LogP contribution in [0.2, 0.25) is 0 Å². The predicted octanol–water partition coefficient (Wildman–Crippen LogP) is 4.16. The first kappa shape index (κ1) is 12.7. The van der Waals surface area contributed by atoms with E-state index < -0.39 is 0 Å². The SMILES string of the molecule is Brc1ccc(CC2CCCC2CNC2CC2)cc1. The zero-order valence-electron chi connectivity index (χ0n) is 10.9. The van der Waals surface area contributed by atoms with Gasteiger partial charge in [-0.05, 0) is 68.2 Å². The van der Waals surface area contributed by atoms with E-state index in [1.165, 1.54) is 55.1 Å². The van der Waals surface area contributed by atoms with E-state index in [0.29, 0.717) is 0 Å². The van der Waals surface area contributed by atoms with Crippen LogP contribution in [0.3, 0.4) is 0 Å². The van der Waals surface area contributed by atoms with Crippen molar-refractivity contribution in [2.24, 2.45) is 11.8 Å². The summed E-state index contributed by atoms with van der Waals surface area (Å²) in [5.41, 5.74) is 1.50. The van der Waals surface area contributed by atoms with Crippen LogP contribution in [0.15, 0.2) is 28.7 Å². The molecule has 0 amide bonds. The van der Waals surface area contributed by atoms with Crippen LogP contribution >= 0.6 is 15.9 Å². The summed E-state index contributed by atoms with van der Waals surface area (Å²) in [6.07, 6.45) is 8.37. The van der Waals surface area contributed by atoms with Crippen molar-refractivity contribution in [3.8, 4) is 0 Å². The summed E-state index contributed by atoms with van der Waals surface area (Å²) in [5.74, 6) is 1.81. The van der Waals surface area contributed by atoms with E-state index in [-0.39, 0.29) is 0 Å². The van der Waals surface area contributed by atoms with Gasteiger partial charge in [-0.3, -0.25) is 0 Å². The van der Waals surface area contributed by atoms with Crippen LogP contribution in [0.4, 0.5) is 0 Å². The van der Waals surface area contributed by atoms with Gasteiger partial charge in [-0.1, -0.05) is 34.5 Å². The third kappa shape index (κ3) is 3.36. The monoisotopic (exact) mass is 307 g/mol. The molecule has 2 unspecified atom stereocenters. The number of benzene rings is 1. The summed E-state index contributed by atoms with van der Waals surface area (Å²) in [7, 11) is 0. The highest BCUT2D eigenvalue weighted by Crippen LogP contribution is 2.34. The molecule has 0 radical (unpaired) electrons. The summed E-state index contributed by atoms with van der Waals surface area (Å²) in [6.45, 7) is 1.26. The zero-order chi connectivity index (χ0) is 12.4. The molecule has 0 spiro atoms. The smallest absolute Gasteiger partial charge is 0.0175 e. The molecule has 98 valence electrons. The Bertz CT molecular complexity index is 383. The van der Waals surface area contributed by atoms with Crippen molar-refractivity contribution in [2.45, 2.75) is 44.6 Å². The van der Waals surface area contributed by atoms with Crippen molar-refractivity contribution in [1.29, 1.82) is 0 Å². The Labute approximate surface area is 118 Å². The highest BCUT2D eigenvalue weighted by atomic mass is 79.9. The quantitative estimate of drug-likeness (QED) is 0.861. The Balaban J connectivity index is 1.54. The highest BCUT2D eigenvalue weighted by Gasteiger charge is 2.29. The molecule has 2 heteroatoms. The maximum Gasteiger partial charge on any atom is 0.0175 e. The largest absolute Gasteiger partial charge is 0.314 e. The molecule has 2 aliphatic carbocycles. The molecule has 2 fully saturated rings. The molecule has 1 aromatic carbocycles. The molecule has 0 saturated heterocycles. The van der Waals surface area contributed by atoms with E-state index in [2.05, 4.69) is 45.5 Å². The number of rotatable bonds is 5. The van der Waals surface area contributed by atoms with E-state index in [0.717, 1.165) is 17.9 Å². The third-order valence-electron chi connectivity index (χ3n) is 4.47. The number of halogens is 1. The molecule has 18 heavy (non-hydrogen) atoms. The van der Waals surface area contributed by atoms with E-state index in [1.54, 1.807) is 0 Å². The summed E-state index contributed by atoms with van der Waals surface area (Å²) in [6, 6.07) is 9.74. The molecule has 2 aliphatic rings. The van der Waals surface area contributed by atoms with Crippen molar-refractivity contribution in [3.05, 3.63) is 34.3 Å². The van der Waals surface area contributed by atoms with Crippen molar-refractivity contribution in [2.75, 3.05) is 6.54 Å². The molecule has 0 aromatic heterocycles. The molecule has 0 bridgehead atoms.